The Hall–Kier alpha value is -1.90. The molecule has 0 aliphatic carbocycles. The zero-order valence-corrected chi connectivity index (χ0v) is 14.2. The highest BCUT2D eigenvalue weighted by Gasteiger charge is 2.04. The van der Waals surface area contributed by atoms with Crippen LogP contribution in [0.1, 0.15) is 20.9 Å². The second-order valence-corrected chi connectivity index (χ2v) is 8.08. The van der Waals surface area contributed by atoms with E-state index in [2.05, 4.69) is 74.5 Å². The number of benzene rings is 2. The van der Waals surface area contributed by atoms with Crippen LogP contribution in [0.15, 0.2) is 48.5 Å². The number of aryl methyl sites for hydroxylation is 2. The lowest BCUT2D eigenvalue weighted by Crippen LogP contribution is -1.72. The largest absolute Gasteiger partial charge is 0.141 e. The van der Waals surface area contributed by atoms with Crippen molar-refractivity contribution in [1.29, 1.82) is 0 Å². The van der Waals surface area contributed by atoms with Gasteiger partial charge in [0.25, 0.3) is 0 Å². The zero-order valence-electron chi connectivity index (χ0n) is 12.6. The molecule has 0 aliphatic heterocycles. The van der Waals surface area contributed by atoms with Crippen LogP contribution in [0.4, 0.5) is 0 Å². The summed E-state index contributed by atoms with van der Waals surface area (Å²) >= 11 is 3.74. The molecular formula is C20H16S2. The highest BCUT2D eigenvalue weighted by atomic mass is 32.1. The van der Waals surface area contributed by atoms with Crippen LogP contribution in [0.3, 0.4) is 0 Å². The summed E-state index contributed by atoms with van der Waals surface area (Å²) in [6.45, 7) is 4.29. The minimum absolute atomic E-state index is 1.25. The summed E-state index contributed by atoms with van der Waals surface area (Å²) in [5.74, 6) is 0. The van der Waals surface area contributed by atoms with Gasteiger partial charge in [0, 0.05) is 19.2 Å². The van der Waals surface area contributed by atoms with Crippen LogP contribution >= 0.6 is 22.7 Å². The molecule has 0 saturated heterocycles. The van der Waals surface area contributed by atoms with Crippen LogP contribution in [0.2, 0.25) is 0 Å². The van der Waals surface area contributed by atoms with Crippen molar-refractivity contribution in [2.45, 2.75) is 13.8 Å². The molecule has 0 bridgehead atoms. The standard InChI is InChI=1S/C20H16S2/c1-13-3-5-15(6-4-13)7-8-18-10-17-12-19-16(9-14(2)21-19)11-20(17)22-18/h3-12H,1-2H3/b8-7+. The molecule has 0 spiro atoms. The van der Waals surface area contributed by atoms with Crippen LogP contribution in [-0.4, -0.2) is 0 Å². The summed E-state index contributed by atoms with van der Waals surface area (Å²) in [7, 11) is 0. The lowest BCUT2D eigenvalue weighted by atomic mass is 10.1. The Labute approximate surface area is 138 Å². The van der Waals surface area contributed by atoms with E-state index < -0.39 is 0 Å². The van der Waals surface area contributed by atoms with E-state index >= 15 is 0 Å². The van der Waals surface area contributed by atoms with Crippen molar-refractivity contribution in [2.75, 3.05) is 0 Å². The van der Waals surface area contributed by atoms with Crippen LogP contribution in [-0.2, 0) is 0 Å². The third kappa shape index (κ3) is 2.60. The first-order chi connectivity index (χ1) is 10.7. The van der Waals surface area contributed by atoms with E-state index in [0.717, 1.165) is 0 Å². The highest BCUT2D eigenvalue weighted by molar-refractivity contribution is 7.21. The van der Waals surface area contributed by atoms with E-state index in [1.807, 2.05) is 22.7 Å². The third-order valence-electron chi connectivity index (χ3n) is 3.81. The summed E-state index contributed by atoms with van der Waals surface area (Å²) in [5, 5.41) is 2.72. The molecule has 2 aromatic heterocycles. The summed E-state index contributed by atoms with van der Waals surface area (Å²) in [6, 6.07) is 17.8. The average Bonchev–Trinajstić information content (AvgIpc) is 3.04. The second-order valence-electron chi connectivity index (χ2n) is 5.68. The molecule has 0 amide bonds. The van der Waals surface area contributed by atoms with Gasteiger partial charge in [0.05, 0.1) is 0 Å². The normalized spacial score (nSPS) is 11.9. The van der Waals surface area contributed by atoms with E-state index in [1.165, 1.54) is 41.1 Å². The van der Waals surface area contributed by atoms with Crippen molar-refractivity contribution in [3.05, 3.63) is 69.4 Å². The van der Waals surface area contributed by atoms with Gasteiger partial charge in [0.1, 0.15) is 0 Å². The molecular weight excluding hydrogens is 304 g/mol. The van der Waals surface area contributed by atoms with Crippen molar-refractivity contribution in [3.8, 4) is 0 Å². The van der Waals surface area contributed by atoms with E-state index in [4.69, 9.17) is 0 Å². The Kier molecular flexibility index (Phi) is 3.36. The van der Waals surface area contributed by atoms with Crippen LogP contribution in [0, 0.1) is 13.8 Å². The second kappa shape index (κ2) is 5.38. The molecule has 2 heteroatoms. The van der Waals surface area contributed by atoms with E-state index in [0.29, 0.717) is 0 Å². The van der Waals surface area contributed by atoms with E-state index in [9.17, 15) is 0 Å². The Morgan fingerprint density at radius 3 is 2.18 bits per heavy atom. The molecule has 0 saturated carbocycles. The van der Waals surface area contributed by atoms with Gasteiger partial charge in [0.15, 0.2) is 0 Å². The molecule has 0 N–H and O–H groups in total. The maximum absolute atomic E-state index is 2.32. The zero-order chi connectivity index (χ0) is 15.1. The molecule has 0 atom stereocenters. The average molecular weight is 320 g/mol. The van der Waals surface area contributed by atoms with Gasteiger partial charge in [-0.2, -0.15) is 0 Å². The fourth-order valence-corrected chi connectivity index (χ4v) is 4.62. The summed E-state index contributed by atoms with van der Waals surface area (Å²) in [4.78, 5) is 2.69. The maximum atomic E-state index is 2.32. The molecule has 2 aromatic carbocycles. The third-order valence-corrected chi connectivity index (χ3v) is 5.89. The Morgan fingerprint density at radius 2 is 1.41 bits per heavy atom. The smallest absolute Gasteiger partial charge is 0.0356 e. The van der Waals surface area contributed by atoms with Gasteiger partial charge >= 0.3 is 0 Å². The van der Waals surface area contributed by atoms with E-state index in [1.54, 1.807) is 0 Å². The summed E-state index contributed by atoms with van der Waals surface area (Å²) < 4.78 is 2.76. The molecule has 108 valence electrons. The van der Waals surface area contributed by atoms with Gasteiger partial charge < -0.3 is 0 Å². The van der Waals surface area contributed by atoms with Gasteiger partial charge in [-0.15, -0.1) is 22.7 Å². The first-order valence-electron chi connectivity index (χ1n) is 7.36. The van der Waals surface area contributed by atoms with Gasteiger partial charge in [-0.1, -0.05) is 35.9 Å². The SMILES string of the molecule is Cc1ccc(/C=C/c2cc3cc4sc(C)cc4cc3s2)cc1. The van der Waals surface area contributed by atoms with Crippen LogP contribution in [0.25, 0.3) is 32.3 Å². The van der Waals surface area contributed by atoms with Crippen molar-refractivity contribution in [1.82, 2.24) is 0 Å². The Bertz CT molecular complexity index is 931. The molecule has 0 aliphatic rings. The van der Waals surface area contributed by atoms with Crippen LogP contribution < -0.4 is 0 Å². The van der Waals surface area contributed by atoms with Crippen molar-refractivity contribution >= 4 is 55.0 Å². The van der Waals surface area contributed by atoms with Gasteiger partial charge in [-0.05, 0) is 60.5 Å². The number of hydrogen-bond acceptors (Lipinski definition) is 2. The molecule has 4 aromatic rings. The topological polar surface area (TPSA) is 0 Å². The van der Waals surface area contributed by atoms with Gasteiger partial charge in [-0.25, -0.2) is 0 Å². The Morgan fingerprint density at radius 1 is 0.727 bits per heavy atom. The number of rotatable bonds is 2. The maximum Gasteiger partial charge on any atom is 0.0356 e. The summed E-state index contributed by atoms with van der Waals surface area (Å²) in [5.41, 5.74) is 2.55. The van der Waals surface area contributed by atoms with Crippen LogP contribution in [0.5, 0.6) is 0 Å². The highest BCUT2D eigenvalue weighted by Crippen LogP contribution is 2.34. The monoisotopic (exact) mass is 320 g/mol. The minimum atomic E-state index is 1.25. The molecule has 2 heterocycles. The first kappa shape index (κ1) is 13.7. The lowest BCUT2D eigenvalue weighted by molar-refractivity contribution is 1.46. The summed E-state index contributed by atoms with van der Waals surface area (Å²) in [6.07, 6.45) is 4.41. The fourth-order valence-electron chi connectivity index (χ4n) is 2.66. The first-order valence-corrected chi connectivity index (χ1v) is 8.99. The quantitative estimate of drug-likeness (QED) is 0.376. The van der Waals surface area contributed by atoms with E-state index in [-0.39, 0.29) is 0 Å². The molecule has 0 radical (unpaired) electrons. The number of fused-ring (bicyclic) bond motifs is 2. The Balaban J connectivity index is 1.71. The number of hydrogen-bond donors (Lipinski definition) is 0. The molecule has 0 fully saturated rings. The fraction of sp³-hybridized carbons (Fsp3) is 0.100. The molecule has 4 rings (SSSR count). The molecule has 0 unspecified atom stereocenters. The lowest BCUT2D eigenvalue weighted by Gasteiger charge is -1.93. The molecule has 0 nitrogen and oxygen atoms in total. The van der Waals surface area contributed by atoms with Crippen molar-refractivity contribution in [2.24, 2.45) is 0 Å². The predicted molar refractivity (Wildman–Crippen MR) is 102 cm³/mol. The molecule has 22 heavy (non-hydrogen) atoms. The van der Waals surface area contributed by atoms with Gasteiger partial charge in [-0.3, -0.25) is 0 Å². The van der Waals surface area contributed by atoms with Gasteiger partial charge in [0.2, 0.25) is 0 Å². The van der Waals surface area contributed by atoms with Crippen molar-refractivity contribution < 1.29 is 0 Å². The number of thiophene rings is 2. The van der Waals surface area contributed by atoms with Crippen molar-refractivity contribution in [3.63, 3.8) is 0 Å². The predicted octanol–water partition coefficient (Wildman–Crippen LogP) is 6.90. The minimum Gasteiger partial charge on any atom is -0.141 e.